The molecule has 1 aliphatic carbocycles. The van der Waals surface area contributed by atoms with Gasteiger partial charge in [0.25, 0.3) is 0 Å². The Morgan fingerprint density at radius 1 is 1.19 bits per heavy atom. The van der Waals surface area contributed by atoms with Crippen molar-refractivity contribution in [3.63, 3.8) is 0 Å². The van der Waals surface area contributed by atoms with Crippen molar-refractivity contribution in [3.05, 3.63) is 47.0 Å². The highest BCUT2D eigenvalue weighted by molar-refractivity contribution is 6.28. The fraction of sp³-hybridized carbons (Fsp3) is 0.429. The molecule has 1 aromatic carbocycles. The Morgan fingerprint density at radius 3 is 2.69 bits per heavy atom. The lowest BCUT2D eigenvalue weighted by Crippen LogP contribution is -2.60. The van der Waals surface area contributed by atoms with E-state index in [0.29, 0.717) is 36.5 Å². The number of aliphatic hydroxyl groups excluding tert-OH is 3. The van der Waals surface area contributed by atoms with Gasteiger partial charge in [-0.3, -0.25) is 9.36 Å². The summed E-state index contributed by atoms with van der Waals surface area (Å²) in [5.41, 5.74) is 2.16. The van der Waals surface area contributed by atoms with Crippen molar-refractivity contribution < 1.29 is 24.9 Å². The molecule has 3 aliphatic rings. The van der Waals surface area contributed by atoms with Gasteiger partial charge in [-0.1, -0.05) is 24.3 Å². The monoisotopic (exact) mass is 457 g/mol. The van der Waals surface area contributed by atoms with Gasteiger partial charge in [-0.25, -0.2) is 4.98 Å². The van der Waals surface area contributed by atoms with Crippen LogP contribution in [0.2, 0.25) is 5.28 Å². The van der Waals surface area contributed by atoms with Crippen LogP contribution in [0.5, 0.6) is 0 Å². The van der Waals surface area contributed by atoms with E-state index >= 15 is 0 Å². The van der Waals surface area contributed by atoms with E-state index in [-0.39, 0.29) is 11.1 Å². The van der Waals surface area contributed by atoms with Gasteiger partial charge in [0.2, 0.25) is 5.28 Å². The fourth-order valence-corrected chi connectivity index (χ4v) is 5.27. The number of anilines is 1. The van der Waals surface area contributed by atoms with Crippen molar-refractivity contribution in [1.29, 1.82) is 0 Å². The first-order valence-corrected chi connectivity index (χ1v) is 10.7. The van der Waals surface area contributed by atoms with Gasteiger partial charge >= 0.3 is 0 Å². The Morgan fingerprint density at radius 2 is 1.97 bits per heavy atom. The molecule has 32 heavy (non-hydrogen) atoms. The van der Waals surface area contributed by atoms with Crippen molar-refractivity contribution in [2.24, 2.45) is 5.41 Å². The van der Waals surface area contributed by atoms with E-state index in [9.17, 15) is 20.1 Å². The minimum Gasteiger partial charge on any atom is -0.394 e. The average molecular weight is 458 g/mol. The summed E-state index contributed by atoms with van der Waals surface area (Å²) in [5, 5.41) is 29.8. The number of fused-ring (bicyclic) bond motifs is 2. The molecular weight excluding hydrogens is 438 g/mol. The highest BCUT2D eigenvalue weighted by Gasteiger charge is 2.54. The number of ketones is 1. The van der Waals surface area contributed by atoms with Gasteiger partial charge in [0.15, 0.2) is 29.0 Å². The summed E-state index contributed by atoms with van der Waals surface area (Å²) in [4.78, 5) is 28.0. The lowest BCUT2D eigenvalue weighted by atomic mass is 9.76. The lowest BCUT2D eigenvalue weighted by molar-refractivity contribution is -0.0511. The number of aromatic nitrogens is 4. The quantitative estimate of drug-likeness (QED) is 0.476. The van der Waals surface area contributed by atoms with E-state index in [0.717, 1.165) is 11.1 Å². The highest BCUT2D eigenvalue weighted by atomic mass is 35.5. The van der Waals surface area contributed by atoms with Crippen LogP contribution in [-0.2, 0) is 11.2 Å². The number of hydrogen-bond acceptors (Lipinski definition) is 9. The minimum absolute atomic E-state index is 0.0111. The van der Waals surface area contributed by atoms with Crippen LogP contribution in [0.1, 0.15) is 22.1 Å². The first kappa shape index (κ1) is 20.0. The maximum atomic E-state index is 13.0. The SMILES string of the molecule is O=C1c2ccccc2CC12CN(c1nc(Cl)nc3c1ncn3[C@@H]1O[C@H](CO)[C@H](O)C1O)C2. The molecule has 0 saturated carbocycles. The van der Waals surface area contributed by atoms with Crippen LogP contribution in [0, 0.1) is 5.41 Å². The second-order valence-corrected chi connectivity index (χ2v) is 9.01. The number of carbonyl (C=O) groups is 1. The Labute approximate surface area is 187 Å². The third-order valence-corrected chi connectivity index (χ3v) is 6.90. The molecule has 0 radical (unpaired) electrons. The number of aliphatic hydroxyl groups is 3. The van der Waals surface area contributed by atoms with E-state index in [1.54, 1.807) is 0 Å². The number of hydrogen-bond donors (Lipinski definition) is 3. The molecule has 2 aromatic heterocycles. The van der Waals surface area contributed by atoms with Crippen molar-refractivity contribution in [2.45, 2.75) is 31.0 Å². The molecule has 166 valence electrons. The van der Waals surface area contributed by atoms with Gasteiger partial charge in [-0.15, -0.1) is 0 Å². The standard InChI is InChI=1S/C21H20ClN5O5/c22-20-24-17(26-7-21(8-26)5-10-3-1-2-4-11(10)16(21)31)13-18(25-20)27(9-23-13)19-15(30)14(29)12(6-28)32-19/h1-4,9,12,14-15,19,28-30H,5-8H2/t12-,14+,15?,19-/m1/s1. The fourth-order valence-electron chi connectivity index (χ4n) is 5.11. The normalized spacial score (nSPS) is 28.5. The zero-order chi connectivity index (χ0) is 22.2. The molecule has 3 N–H and O–H groups in total. The molecule has 10 nitrogen and oxygen atoms in total. The van der Waals surface area contributed by atoms with Gasteiger partial charge in [0, 0.05) is 18.7 Å². The summed E-state index contributed by atoms with van der Waals surface area (Å²) in [7, 11) is 0. The number of Topliss-reactive ketones (excluding diaryl/α,β-unsaturated/α-hetero) is 1. The maximum absolute atomic E-state index is 13.0. The topological polar surface area (TPSA) is 134 Å². The highest BCUT2D eigenvalue weighted by Crippen LogP contribution is 2.46. The molecule has 2 fully saturated rings. The smallest absolute Gasteiger partial charge is 0.226 e. The molecule has 0 bridgehead atoms. The summed E-state index contributed by atoms with van der Waals surface area (Å²) < 4.78 is 7.08. The predicted octanol–water partition coefficient (Wildman–Crippen LogP) is 0.337. The Hall–Kier alpha value is -2.63. The average Bonchev–Trinajstić information content (AvgIpc) is 3.40. The number of imidazole rings is 1. The van der Waals surface area contributed by atoms with E-state index in [4.69, 9.17) is 16.3 Å². The minimum atomic E-state index is -1.27. The number of halogens is 1. The third kappa shape index (κ3) is 2.67. The molecule has 2 aliphatic heterocycles. The number of benzene rings is 1. The van der Waals surface area contributed by atoms with Crippen molar-refractivity contribution in [3.8, 4) is 0 Å². The predicted molar refractivity (Wildman–Crippen MR) is 112 cm³/mol. The molecule has 3 aromatic rings. The van der Waals surface area contributed by atoms with Gasteiger partial charge < -0.3 is 25.0 Å². The second-order valence-electron chi connectivity index (χ2n) is 8.67. The number of rotatable bonds is 3. The van der Waals surface area contributed by atoms with Crippen LogP contribution in [0.4, 0.5) is 5.82 Å². The summed E-state index contributed by atoms with van der Waals surface area (Å²) in [6, 6.07) is 7.69. The van der Waals surface area contributed by atoms with Gasteiger partial charge in [-0.05, 0) is 23.6 Å². The van der Waals surface area contributed by atoms with Gasteiger partial charge in [-0.2, -0.15) is 9.97 Å². The molecular formula is C21H20ClN5O5. The summed E-state index contributed by atoms with van der Waals surface area (Å²) >= 11 is 6.21. The number of ether oxygens (including phenoxy) is 1. The van der Waals surface area contributed by atoms with Crippen molar-refractivity contribution in [1.82, 2.24) is 19.5 Å². The third-order valence-electron chi connectivity index (χ3n) is 6.73. The molecule has 4 heterocycles. The summed E-state index contributed by atoms with van der Waals surface area (Å²) in [6.45, 7) is 0.544. The van der Waals surface area contributed by atoms with Crippen LogP contribution in [0.3, 0.4) is 0 Å². The second kappa shape index (κ2) is 6.93. The maximum Gasteiger partial charge on any atom is 0.226 e. The van der Waals surface area contributed by atoms with Crippen LogP contribution in [0.25, 0.3) is 11.2 Å². The first-order valence-electron chi connectivity index (χ1n) is 10.3. The molecule has 6 rings (SSSR count). The Balaban J connectivity index is 1.32. The zero-order valence-electron chi connectivity index (χ0n) is 16.8. The first-order chi connectivity index (χ1) is 15.4. The van der Waals surface area contributed by atoms with E-state index in [1.807, 2.05) is 29.2 Å². The molecule has 2 saturated heterocycles. The van der Waals surface area contributed by atoms with Crippen LogP contribution >= 0.6 is 11.6 Å². The largest absolute Gasteiger partial charge is 0.394 e. The van der Waals surface area contributed by atoms with Gasteiger partial charge in [0.1, 0.15) is 18.3 Å². The Bertz CT molecular complexity index is 1240. The summed E-state index contributed by atoms with van der Waals surface area (Å²) in [5.74, 6) is 0.651. The van der Waals surface area contributed by atoms with Gasteiger partial charge in [0.05, 0.1) is 18.3 Å². The van der Waals surface area contributed by atoms with Crippen molar-refractivity contribution >= 4 is 34.4 Å². The van der Waals surface area contributed by atoms with E-state index in [1.165, 1.54) is 10.9 Å². The molecule has 4 atom stereocenters. The Kier molecular flexibility index (Phi) is 4.33. The summed E-state index contributed by atoms with van der Waals surface area (Å²) in [6.07, 6.45) is -2.30. The number of nitrogens with zero attached hydrogens (tertiary/aromatic N) is 5. The van der Waals surface area contributed by atoms with E-state index < -0.39 is 36.6 Å². The number of carbonyl (C=O) groups excluding carboxylic acids is 1. The molecule has 1 unspecified atom stereocenters. The van der Waals surface area contributed by atoms with Crippen LogP contribution in [0.15, 0.2) is 30.6 Å². The lowest BCUT2D eigenvalue weighted by Gasteiger charge is -2.47. The van der Waals surface area contributed by atoms with Crippen LogP contribution < -0.4 is 4.90 Å². The zero-order valence-corrected chi connectivity index (χ0v) is 17.6. The van der Waals surface area contributed by atoms with Crippen molar-refractivity contribution in [2.75, 3.05) is 24.6 Å². The molecule has 11 heteroatoms. The molecule has 1 spiro atoms. The molecule has 0 amide bonds. The van der Waals surface area contributed by atoms with E-state index in [2.05, 4.69) is 15.0 Å². The van der Waals surface area contributed by atoms with Crippen LogP contribution in [-0.4, -0.2) is 78.6 Å².